The Balaban J connectivity index is 2.03. The van der Waals surface area contributed by atoms with E-state index in [4.69, 9.17) is 0 Å². The summed E-state index contributed by atoms with van der Waals surface area (Å²) < 4.78 is 0. The Kier molecular flexibility index (Phi) is 1.94. The van der Waals surface area contributed by atoms with Gasteiger partial charge >= 0.3 is 0 Å². The molecule has 2 aliphatic rings. The molecule has 0 aromatic rings. The summed E-state index contributed by atoms with van der Waals surface area (Å²) in [4.78, 5) is 0. The Morgan fingerprint density at radius 1 is 1.36 bits per heavy atom. The first-order chi connectivity index (χ1) is 6.35. The molecular formula is C14H24. The van der Waals surface area contributed by atoms with Crippen molar-refractivity contribution in [1.82, 2.24) is 0 Å². The van der Waals surface area contributed by atoms with Crippen molar-refractivity contribution in [1.29, 1.82) is 0 Å². The van der Waals surface area contributed by atoms with Gasteiger partial charge in [-0.3, -0.25) is 0 Å². The maximum Gasteiger partial charge on any atom is 0.00944 e. The number of rotatable bonds is 3. The lowest BCUT2D eigenvalue weighted by Crippen LogP contribution is -2.13. The molecule has 4 unspecified atom stereocenters. The molecular weight excluding hydrogens is 168 g/mol. The van der Waals surface area contributed by atoms with Gasteiger partial charge in [0.1, 0.15) is 0 Å². The monoisotopic (exact) mass is 192 g/mol. The second-order valence-electron chi connectivity index (χ2n) is 6.28. The Bertz CT molecular complexity index is 284. The van der Waals surface area contributed by atoms with Crippen molar-refractivity contribution in [2.24, 2.45) is 28.6 Å². The third-order valence-corrected chi connectivity index (χ3v) is 5.33. The molecule has 2 aliphatic carbocycles. The van der Waals surface area contributed by atoms with Gasteiger partial charge in [0.05, 0.1) is 0 Å². The fourth-order valence-corrected chi connectivity index (χ4v) is 3.13. The molecule has 1 saturated carbocycles. The van der Waals surface area contributed by atoms with Crippen LogP contribution >= 0.6 is 0 Å². The van der Waals surface area contributed by atoms with E-state index in [1.165, 1.54) is 6.42 Å². The van der Waals surface area contributed by atoms with E-state index in [1.807, 2.05) is 0 Å². The largest absolute Gasteiger partial charge is 0.0739 e. The van der Waals surface area contributed by atoms with E-state index in [0.29, 0.717) is 10.8 Å². The highest BCUT2D eigenvalue weighted by Gasteiger charge is 2.63. The molecule has 2 rings (SSSR count). The second-order valence-corrected chi connectivity index (χ2v) is 6.28. The van der Waals surface area contributed by atoms with Gasteiger partial charge in [0.25, 0.3) is 0 Å². The minimum atomic E-state index is 0.488. The number of hydrogen-bond acceptors (Lipinski definition) is 0. The average molecular weight is 192 g/mol. The van der Waals surface area contributed by atoms with Crippen LogP contribution in [0, 0.1) is 28.6 Å². The lowest BCUT2D eigenvalue weighted by atomic mass is 9.83. The molecule has 0 saturated heterocycles. The first-order valence-corrected chi connectivity index (χ1v) is 6.09. The van der Waals surface area contributed by atoms with Gasteiger partial charge in [-0.25, -0.2) is 0 Å². The maximum atomic E-state index is 2.54. The summed E-state index contributed by atoms with van der Waals surface area (Å²) >= 11 is 0. The molecule has 0 aromatic carbocycles. The molecule has 0 spiro atoms. The first kappa shape index (κ1) is 10.3. The van der Waals surface area contributed by atoms with Crippen molar-refractivity contribution < 1.29 is 0 Å². The summed E-state index contributed by atoms with van der Waals surface area (Å²) in [5, 5.41) is 0. The van der Waals surface area contributed by atoms with Crippen molar-refractivity contribution in [3.8, 4) is 0 Å². The molecule has 0 aromatic heterocycles. The molecule has 0 N–H and O–H groups in total. The van der Waals surface area contributed by atoms with Gasteiger partial charge in [-0.15, -0.1) is 0 Å². The number of allylic oxidation sites excluding steroid dienone is 2. The zero-order valence-corrected chi connectivity index (χ0v) is 10.5. The SMILES string of the molecule is CCC(C)C1(C)C=C1C1C(C)C1(C)C. The van der Waals surface area contributed by atoms with Crippen molar-refractivity contribution >= 4 is 0 Å². The highest BCUT2D eigenvalue weighted by molar-refractivity contribution is 5.45. The van der Waals surface area contributed by atoms with Crippen LogP contribution in [-0.2, 0) is 0 Å². The number of hydrogen-bond donors (Lipinski definition) is 0. The minimum Gasteiger partial charge on any atom is -0.0739 e. The lowest BCUT2D eigenvalue weighted by molar-refractivity contribution is 0.367. The zero-order valence-electron chi connectivity index (χ0n) is 10.5. The normalized spacial score (nSPS) is 45.7. The Labute approximate surface area is 88.8 Å². The van der Waals surface area contributed by atoms with Crippen LogP contribution in [0.4, 0.5) is 0 Å². The van der Waals surface area contributed by atoms with Crippen LogP contribution in [0.15, 0.2) is 11.6 Å². The Hall–Kier alpha value is -0.260. The van der Waals surface area contributed by atoms with E-state index in [0.717, 1.165) is 17.8 Å². The van der Waals surface area contributed by atoms with E-state index in [9.17, 15) is 0 Å². The van der Waals surface area contributed by atoms with Gasteiger partial charge in [-0.2, -0.15) is 0 Å². The van der Waals surface area contributed by atoms with E-state index in [1.54, 1.807) is 5.57 Å². The Morgan fingerprint density at radius 2 is 1.86 bits per heavy atom. The van der Waals surface area contributed by atoms with E-state index in [-0.39, 0.29) is 0 Å². The van der Waals surface area contributed by atoms with E-state index < -0.39 is 0 Å². The van der Waals surface area contributed by atoms with Crippen LogP contribution in [0.2, 0.25) is 0 Å². The molecule has 0 aliphatic heterocycles. The van der Waals surface area contributed by atoms with Crippen LogP contribution in [0.25, 0.3) is 0 Å². The molecule has 1 fully saturated rings. The molecule has 80 valence electrons. The molecule has 14 heavy (non-hydrogen) atoms. The fourth-order valence-electron chi connectivity index (χ4n) is 3.13. The van der Waals surface area contributed by atoms with Crippen molar-refractivity contribution in [3.05, 3.63) is 11.6 Å². The van der Waals surface area contributed by atoms with Gasteiger partial charge in [0.2, 0.25) is 0 Å². The minimum absolute atomic E-state index is 0.488. The zero-order chi connectivity index (χ0) is 10.7. The molecule has 0 heteroatoms. The predicted molar refractivity (Wildman–Crippen MR) is 62.1 cm³/mol. The van der Waals surface area contributed by atoms with Gasteiger partial charge < -0.3 is 0 Å². The molecule has 0 radical (unpaired) electrons. The first-order valence-electron chi connectivity index (χ1n) is 6.09. The molecule has 4 atom stereocenters. The third-order valence-electron chi connectivity index (χ3n) is 5.33. The summed E-state index contributed by atoms with van der Waals surface area (Å²) in [6.07, 6.45) is 3.84. The van der Waals surface area contributed by atoms with Gasteiger partial charge in [-0.05, 0) is 23.2 Å². The molecule has 0 bridgehead atoms. The summed E-state index contributed by atoms with van der Waals surface area (Å²) in [5.74, 6) is 2.63. The Morgan fingerprint density at radius 3 is 2.21 bits per heavy atom. The smallest absolute Gasteiger partial charge is 0.00944 e. The van der Waals surface area contributed by atoms with Crippen molar-refractivity contribution in [2.75, 3.05) is 0 Å². The van der Waals surface area contributed by atoms with E-state index in [2.05, 4.69) is 47.6 Å². The van der Waals surface area contributed by atoms with Crippen LogP contribution in [-0.4, -0.2) is 0 Å². The third kappa shape index (κ3) is 1.12. The van der Waals surface area contributed by atoms with Crippen LogP contribution in [0.3, 0.4) is 0 Å². The molecule has 0 heterocycles. The van der Waals surface area contributed by atoms with Crippen LogP contribution in [0.5, 0.6) is 0 Å². The van der Waals surface area contributed by atoms with Gasteiger partial charge in [0.15, 0.2) is 0 Å². The quantitative estimate of drug-likeness (QED) is 0.586. The van der Waals surface area contributed by atoms with Crippen molar-refractivity contribution in [2.45, 2.75) is 48.0 Å². The van der Waals surface area contributed by atoms with Crippen LogP contribution in [0.1, 0.15) is 48.0 Å². The second kappa shape index (κ2) is 2.65. The lowest BCUT2D eigenvalue weighted by Gasteiger charge is -2.20. The van der Waals surface area contributed by atoms with Crippen LogP contribution < -0.4 is 0 Å². The summed E-state index contributed by atoms with van der Waals surface area (Å²) in [7, 11) is 0. The summed E-state index contributed by atoms with van der Waals surface area (Å²) in [6.45, 7) is 14.4. The standard InChI is InChI=1S/C14H24/c1-7-9(2)14(6)8-11(14)12-10(3)13(12,4)5/h8-10,12H,7H2,1-6H3. The fraction of sp³-hybridized carbons (Fsp3) is 0.857. The maximum absolute atomic E-state index is 2.54. The van der Waals surface area contributed by atoms with Crippen molar-refractivity contribution in [3.63, 3.8) is 0 Å². The molecule has 0 amide bonds. The van der Waals surface area contributed by atoms with Gasteiger partial charge in [0, 0.05) is 5.41 Å². The topological polar surface area (TPSA) is 0 Å². The summed E-state index contributed by atoms with van der Waals surface area (Å²) in [6, 6.07) is 0. The highest BCUT2D eigenvalue weighted by atomic mass is 14.7. The molecule has 0 nitrogen and oxygen atoms in total. The average Bonchev–Trinajstić information content (AvgIpc) is 2.90. The van der Waals surface area contributed by atoms with Gasteiger partial charge in [-0.1, -0.05) is 59.6 Å². The highest BCUT2D eigenvalue weighted by Crippen LogP contribution is 2.70. The van der Waals surface area contributed by atoms with E-state index >= 15 is 0 Å². The predicted octanol–water partition coefficient (Wildman–Crippen LogP) is 4.27. The summed E-state index contributed by atoms with van der Waals surface area (Å²) in [5.41, 5.74) is 2.84.